The summed E-state index contributed by atoms with van der Waals surface area (Å²) in [6, 6.07) is 17.6. The molecule has 3 heteroatoms. The number of fused-ring (bicyclic) bond motifs is 1. The average Bonchev–Trinajstić information content (AvgIpc) is 3.12. The lowest BCUT2D eigenvalue weighted by atomic mass is 10.1. The van der Waals surface area contributed by atoms with Crippen molar-refractivity contribution in [1.82, 2.24) is 9.80 Å². The zero-order chi connectivity index (χ0) is 16.9. The molecule has 0 aromatic heterocycles. The van der Waals surface area contributed by atoms with Crippen molar-refractivity contribution in [3.63, 3.8) is 0 Å². The molecule has 3 nitrogen and oxygen atoms in total. The Bertz CT molecular complexity index is 678. The van der Waals surface area contributed by atoms with Gasteiger partial charge in [0.1, 0.15) is 5.75 Å². The zero-order valence-corrected chi connectivity index (χ0v) is 15.0. The van der Waals surface area contributed by atoms with Gasteiger partial charge in [0.25, 0.3) is 0 Å². The molecule has 0 unspecified atom stereocenters. The summed E-state index contributed by atoms with van der Waals surface area (Å²) >= 11 is 0. The van der Waals surface area contributed by atoms with Crippen molar-refractivity contribution in [2.75, 3.05) is 39.3 Å². The van der Waals surface area contributed by atoms with Crippen molar-refractivity contribution in [2.45, 2.75) is 25.8 Å². The standard InChI is InChI=1S/C22H28N2O/c1-2-5-19(6-3-1)7-4-11-23-12-14-24(15-13-23)18-20-8-9-22-21(17-20)10-16-25-22/h1-3,5-6,8-9,17H,4,7,10-16,18H2. The second-order valence-electron chi connectivity index (χ2n) is 7.25. The van der Waals surface area contributed by atoms with Crippen LogP contribution in [0.4, 0.5) is 0 Å². The summed E-state index contributed by atoms with van der Waals surface area (Å²) in [5.74, 6) is 1.09. The molecule has 0 spiro atoms. The highest BCUT2D eigenvalue weighted by atomic mass is 16.5. The number of hydrogen-bond acceptors (Lipinski definition) is 3. The van der Waals surface area contributed by atoms with E-state index in [1.807, 2.05) is 0 Å². The van der Waals surface area contributed by atoms with Crippen LogP contribution in [0.15, 0.2) is 48.5 Å². The number of rotatable bonds is 6. The molecule has 0 bridgehead atoms. The van der Waals surface area contributed by atoms with E-state index in [-0.39, 0.29) is 0 Å². The third kappa shape index (κ3) is 4.42. The third-order valence-corrected chi connectivity index (χ3v) is 5.41. The lowest BCUT2D eigenvalue weighted by molar-refractivity contribution is 0.126. The Labute approximate surface area is 151 Å². The van der Waals surface area contributed by atoms with Gasteiger partial charge in [-0.25, -0.2) is 0 Å². The van der Waals surface area contributed by atoms with E-state index in [9.17, 15) is 0 Å². The second kappa shape index (κ2) is 8.03. The van der Waals surface area contributed by atoms with E-state index in [1.165, 1.54) is 62.3 Å². The summed E-state index contributed by atoms with van der Waals surface area (Å²) in [6.45, 7) is 7.90. The Hall–Kier alpha value is -1.84. The minimum absolute atomic E-state index is 0.848. The Morgan fingerprint density at radius 3 is 2.48 bits per heavy atom. The summed E-state index contributed by atoms with van der Waals surface area (Å²) in [7, 11) is 0. The van der Waals surface area contributed by atoms with Crippen LogP contribution < -0.4 is 4.74 Å². The molecule has 2 aliphatic rings. The summed E-state index contributed by atoms with van der Waals surface area (Å²) in [4.78, 5) is 5.21. The van der Waals surface area contributed by atoms with Gasteiger partial charge >= 0.3 is 0 Å². The average molecular weight is 336 g/mol. The maximum atomic E-state index is 5.61. The van der Waals surface area contributed by atoms with Gasteiger partial charge in [-0.2, -0.15) is 0 Å². The van der Waals surface area contributed by atoms with E-state index in [0.717, 1.165) is 25.3 Å². The molecule has 0 aliphatic carbocycles. The van der Waals surface area contributed by atoms with Crippen LogP contribution in [-0.4, -0.2) is 49.1 Å². The number of piperazine rings is 1. The molecule has 0 amide bonds. The van der Waals surface area contributed by atoms with Crippen LogP contribution in [0.3, 0.4) is 0 Å². The maximum absolute atomic E-state index is 5.61. The van der Waals surface area contributed by atoms with Crippen molar-refractivity contribution in [3.05, 3.63) is 65.2 Å². The molecular weight excluding hydrogens is 308 g/mol. The fourth-order valence-electron chi connectivity index (χ4n) is 3.92. The van der Waals surface area contributed by atoms with Gasteiger partial charge in [-0.1, -0.05) is 42.5 Å². The molecule has 2 aliphatic heterocycles. The molecule has 0 atom stereocenters. The molecule has 2 heterocycles. The van der Waals surface area contributed by atoms with Crippen LogP contribution in [0.25, 0.3) is 0 Å². The maximum Gasteiger partial charge on any atom is 0.122 e. The van der Waals surface area contributed by atoms with Gasteiger partial charge in [0, 0.05) is 39.1 Å². The fourth-order valence-corrected chi connectivity index (χ4v) is 3.92. The van der Waals surface area contributed by atoms with Crippen LogP contribution >= 0.6 is 0 Å². The lowest BCUT2D eigenvalue weighted by Gasteiger charge is -2.34. The summed E-state index contributed by atoms with van der Waals surface area (Å²) in [6.07, 6.45) is 3.52. The van der Waals surface area contributed by atoms with Crippen molar-refractivity contribution in [3.8, 4) is 5.75 Å². The van der Waals surface area contributed by atoms with Crippen LogP contribution in [0.1, 0.15) is 23.1 Å². The largest absolute Gasteiger partial charge is 0.493 e. The van der Waals surface area contributed by atoms with E-state index in [2.05, 4.69) is 58.3 Å². The van der Waals surface area contributed by atoms with Gasteiger partial charge < -0.3 is 9.64 Å². The van der Waals surface area contributed by atoms with Gasteiger partial charge in [0.2, 0.25) is 0 Å². The minimum Gasteiger partial charge on any atom is -0.493 e. The van der Waals surface area contributed by atoms with E-state index in [0.29, 0.717) is 0 Å². The smallest absolute Gasteiger partial charge is 0.122 e. The molecule has 2 aromatic rings. The summed E-state index contributed by atoms with van der Waals surface area (Å²) in [5, 5.41) is 0. The first-order chi connectivity index (χ1) is 12.4. The van der Waals surface area contributed by atoms with E-state index in [1.54, 1.807) is 0 Å². The topological polar surface area (TPSA) is 15.7 Å². The van der Waals surface area contributed by atoms with Crippen LogP contribution in [0, 0.1) is 0 Å². The number of nitrogens with zero attached hydrogens (tertiary/aromatic N) is 2. The van der Waals surface area contributed by atoms with Crippen LogP contribution in [-0.2, 0) is 19.4 Å². The molecule has 0 radical (unpaired) electrons. The Morgan fingerprint density at radius 1 is 0.840 bits per heavy atom. The quantitative estimate of drug-likeness (QED) is 0.804. The number of ether oxygens (including phenoxy) is 1. The van der Waals surface area contributed by atoms with Crippen molar-refractivity contribution in [2.24, 2.45) is 0 Å². The molecule has 4 rings (SSSR count). The minimum atomic E-state index is 0.848. The third-order valence-electron chi connectivity index (χ3n) is 5.41. The van der Waals surface area contributed by atoms with Gasteiger partial charge in [0.05, 0.1) is 6.61 Å². The fraction of sp³-hybridized carbons (Fsp3) is 0.455. The van der Waals surface area contributed by atoms with Gasteiger partial charge in [-0.15, -0.1) is 0 Å². The predicted octanol–water partition coefficient (Wildman–Crippen LogP) is 3.37. The van der Waals surface area contributed by atoms with Crippen molar-refractivity contribution >= 4 is 0 Å². The predicted molar refractivity (Wildman–Crippen MR) is 102 cm³/mol. The highest BCUT2D eigenvalue weighted by Gasteiger charge is 2.18. The first-order valence-electron chi connectivity index (χ1n) is 9.60. The number of hydrogen-bond donors (Lipinski definition) is 0. The Balaban J connectivity index is 1.19. The number of aryl methyl sites for hydroxylation is 1. The zero-order valence-electron chi connectivity index (χ0n) is 15.0. The lowest BCUT2D eigenvalue weighted by Crippen LogP contribution is -2.46. The van der Waals surface area contributed by atoms with E-state index < -0.39 is 0 Å². The van der Waals surface area contributed by atoms with Crippen molar-refractivity contribution in [1.29, 1.82) is 0 Å². The SMILES string of the molecule is c1ccc(CCCN2CCN(Cc3ccc4c(c3)CCO4)CC2)cc1. The van der Waals surface area contributed by atoms with Crippen LogP contribution in [0.5, 0.6) is 5.75 Å². The Kier molecular flexibility index (Phi) is 5.34. The monoisotopic (exact) mass is 336 g/mol. The normalized spacial score (nSPS) is 18.1. The highest BCUT2D eigenvalue weighted by Crippen LogP contribution is 2.26. The summed E-state index contributed by atoms with van der Waals surface area (Å²) in [5.41, 5.74) is 4.28. The molecule has 1 fully saturated rings. The number of benzene rings is 2. The van der Waals surface area contributed by atoms with Gasteiger partial charge in [0.15, 0.2) is 0 Å². The van der Waals surface area contributed by atoms with Gasteiger partial charge in [-0.3, -0.25) is 4.90 Å². The van der Waals surface area contributed by atoms with E-state index >= 15 is 0 Å². The molecule has 1 saturated heterocycles. The Morgan fingerprint density at radius 2 is 1.64 bits per heavy atom. The molecular formula is C22H28N2O. The first kappa shape index (κ1) is 16.6. The summed E-state index contributed by atoms with van der Waals surface area (Å²) < 4.78 is 5.61. The molecule has 132 valence electrons. The molecule has 25 heavy (non-hydrogen) atoms. The molecule has 0 saturated carbocycles. The molecule has 0 N–H and O–H groups in total. The first-order valence-corrected chi connectivity index (χ1v) is 9.60. The van der Waals surface area contributed by atoms with E-state index in [4.69, 9.17) is 4.74 Å². The van der Waals surface area contributed by atoms with Crippen molar-refractivity contribution < 1.29 is 4.74 Å². The van der Waals surface area contributed by atoms with Crippen LogP contribution in [0.2, 0.25) is 0 Å². The second-order valence-corrected chi connectivity index (χ2v) is 7.25. The van der Waals surface area contributed by atoms with Gasteiger partial charge in [-0.05, 0) is 42.1 Å². The molecule has 2 aromatic carbocycles. The highest BCUT2D eigenvalue weighted by molar-refractivity contribution is 5.39.